The molecule has 29 heavy (non-hydrogen) atoms. The number of fused-ring (bicyclic) bond motifs is 1. The van der Waals surface area contributed by atoms with Crippen LogP contribution in [0, 0.1) is 0 Å². The summed E-state index contributed by atoms with van der Waals surface area (Å²) in [6, 6.07) is 4.50. The van der Waals surface area contributed by atoms with Gasteiger partial charge in [-0.05, 0) is 37.0 Å². The van der Waals surface area contributed by atoms with Gasteiger partial charge in [-0.25, -0.2) is 4.79 Å². The molecule has 1 aromatic rings. The second-order valence-electron chi connectivity index (χ2n) is 7.91. The van der Waals surface area contributed by atoms with Crippen LogP contribution in [0.25, 0.3) is 0 Å². The Kier molecular flexibility index (Phi) is 5.87. The topological polar surface area (TPSA) is 97.0 Å². The van der Waals surface area contributed by atoms with Crippen LogP contribution in [0.4, 0.5) is 4.79 Å². The molecule has 2 N–H and O–H groups in total. The first-order valence-electron chi connectivity index (χ1n) is 10.4. The lowest BCUT2D eigenvalue weighted by molar-refractivity contribution is -0.128. The normalized spacial score (nSPS) is 21.8. The average molecular weight is 401 g/mol. The van der Waals surface area contributed by atoms with E-state index in [4.69, 9.17) is 9.47 Å². The lowest BCUT2D eigenvalue weighted by Crippen LogP contribution is -2.36. The first-order valence-corrected chi connectivity index (χ1v) is 10.4. The third kappa shape index (κ3) is 4.63. The van der Waals surface area contributed by atoms with Crippen LogP contribution in [0.2, 0.25) is 0 Å². The highest BCUT2D eigenvalue weighted by Crippen LogP contribution is 2.33. The van der Waals surface area contributed by atoms with Gasteiger partial charge in [0.1, 0.15) is 6.04 Å². The molecular formula is C21H27N3O5. The number of rotatable bonds is 6. The number of carbonyl (C=O) groups is 3. The molecule has 0 unspecified atom stereocenters. The molecule has 0 bridgehead atoms. The van der Waals surface area contributed by atoms with Gasteiger partial charge in [0.05, 0.1) is 6.54 Å². The van der Waals surface area contributed by atoms with Gasteiger partial charge >= 0.3 is 6.03 Å². The molecule has 3 aliphatic rings. The van der Waals surface area contributed by atoms with Gasteiger partial charge in [0.25, 0.3) is 5.91 Å². The van der Waals surface area contributed by atoms with Crippen molar-refractivity contribution in [3.63, 3.8) is 0 Å². The second-order valence-corrected chi connectivity index (χ2v) is 7.91. The van der Waals surface area contributed by atoms with Crippen LogP contribution in [0.1, 0.15) is 56.9 Å². The Morgan fingerprint density at radius 3 is 2.66 bits per heavy atom. The lowest BCUT2D eigenvalue weighted by Gasteiger charge is -2.17. The van der Waals surface area contributed by atoms with E-state index in [1.54, 1.807) is 12.1 Å². The molecule has 1 saturated heterocycles. The number of hydrogen-bond donors (Lipinski definition) is 2. The zero-order valence-electron chi connectivity index (χ0n) is 16.4. The van der Waals surface area contributed by atoms with E-state index in [0.717, 1.165) is 31.2 Å². The summed E-state index contributed by atoms with van der Waals surface area (Å²) >= 11 is 0. The van der Waals surface area contributed by atoms with E-state index in [1.165, 1.54) is 17.7 Å². The Hall–Kier alpha value is -2.77. The predicted molar refractivity (Wildman–Crippen MR) is 104 cm³/mol. The predicted octanol–water partition coefficient (Wildman–Crippen LogP) is 2.45. The monoisotopic (exact) mass is 401 g/mol. The first kappa shape index (κ1) is 19.5. The van der Waals surface area contributed by atoms with E-state index < -0.39 is 12.1 Å². The molecule has 1 atom stereocenters. The van der Waals surface area contributed by atoms with E-state index in [0.29, 0.717) is 17.9 Å². The van der Waals surface area contributed by atoms with Crippen molar-refractivity contribution in [3.05, 3.63) is 23.8 Å². The smallest absolute Gasteiger partial charge is 0.325 e. The lowest BCUT2D eigenvalue weighted by atomic mass is 10.1. The minimum Gasteiger partial charge on any atom is -0.454 e. The van der Waals surface area contributed by atoms with Crippen molar-refractivity contribution in [3.8, 4) is 11.5 Å². The summed E-state index contributed by atoms with van der Waals surface area (Å²) in [5.74, 6) is 0.924. The summed E-state index contributed by atoms with van der Waals surface area (Å²) in [5.41, 5.74) is 0.782. The zero-order valence-corrected chi connectivity index (χ0v) is 16.4. The summed E-state index contributed by atoms with van der Waals surface area (Å²) in [4.78, 5) is 38.4. The summed E-state index contributed by atoms with van der Waals surface area (Å²) in [7, 11) is 0. The van der Waals surface area contributed by atoms with Crippen LogP contribution in [-0.4, -0.2) is 41.6 Å². The summed E-state index contributed by atoms with van der Waals surface area (Å²) < 4.78 is 10.6. The van der Waals surface area contributed by atoms with Crippen molar-refractivity contribution in [1.29, 1.82) is 0 Å². The fourth-order valence-corrected chi connectivity index (χ4v) is 4.14. The summed E-state index contributed by atoms with van der Waals surface area (Å²) in [6.45, 7) is 0.332. The minimum atomic E-state index is -0.656. The van der Waals surface area contributed by atoms with Crippen molar-refractivity contribution < 1.29 is 23.9 Å². The third-order valence-electron chi connectivity index (χ3n) is 5.77. The number of hydrogen-bond acceptors (Lipinski definition) is 5. The van der Waals surface area contributed by atoms with Crippen molar-refractivity contribution in [1.82, 2.24) is 15.5 Å². The molecule has 156 valence electrons. The molecule has 2 fully saturated rings. The van der Waals surface area contributed by atoms with E-state index in [1.807, 2.05) is 6.07 Å². The molecule has 1 aromatic carbocycles. The van der Waals surface area contributed by atoms with Gasteiger partial charge in [0, 0.05) is 12.5 Å². The molecule has 1 aliphatic carbocycles. The quantitative estimate of drug-likeness (QED) is 0.564. The van der Waals surface area contributed by atoms with E-state index in [9.17, 15) is 14.4 Å². The highest BCUT2D eigenvalue weighted by Gasteiger charge is 2.38. The highest BCUT2D eigenvalue weighted by atomic mass is 16.7. The molecule has 0 radical (unpaired) electrons. The van der Waals surface area contributed by atoms with E-state index in [-0.39, 0.29) is 37.6 Å². The number of amides is 4. The fraction of sp³-hybridized carbons (Fsp3) is 0.571. The Morgan fingerprint density at radius 2 is 1.86 bits per heavy atom. The summed E-state index contributed by atoms with van der Waals surface area (Å²) in [6.07, 6.45) is 7.34. The van der Waals surface area contributed by atoms with Gasteiger partial charge in [0.2, 0.25) is 12.7 Å². The fourth-order valence-electron chi connectivity index (χ4n) is 4.14. The Balaban J connectivity index is 1.28. The Labute approximate surface area is 169 Å². The number of benzene rings is 1. The number of nitrogens with zero attached hydrogens (tertiary/aromatic N) is 1. The molecule has 4 rings (SSSR count). The van der Waals surface area contributed by atoms with Crippen LogP contribution in [0.15, 0.2) is 18.2 Å². The van der Waals surface area contributed by atoms with E-state index in [2.05, 4.69) is 10.6 Å². The van der Waals surface area contributed by atoms with Crippen LogP contribution >= 0.6 is 0 Å². The van der Waals surface area contributed by atoms with Crippen molar-refractivity contribution >= 4 is 17.8 Å². The molecule has 8 heteroatoms. The average Bonchev–Trinajstić information content (AvgIpc) is 3.17. The maximum Gasteiger partial charge on any atom is 0.325 e. The number of imide groups is 1. The Morgan fingerprint density at radius 1 is 1.10 bits per heavy atom. The van der Waals surface area contributed by atoms with Gasteiger partial charge in [-0.15, -0.1) is 0 Å². The third-order valence-corrected chi connectivity index (χ3v) is 5.77. The maximum atomic E-state index is 12.7. The van der Waals surface area contributed by atoms with Gasteiger partial charge in [-0.1, -0.05) is 31.7 Å². The maximum absolute atomic E-state index is 12.7. The van der Waals surface area contributed by atoms with Crippen LogP contribution < -0.4 is 20.1 Å². The SMILES string of the molecule is O=C(CC[C@@H]1NC(=O)N(Cc2ccc3c(c2)OCO3)C1=O)NC1CCCCCC1. The molecular weight excluding hydrogens is 374 g/mol. The van der Waals surface area contributed by atoms with Gasteiger partial charge in [-0.3, -0.25) is 14.5 Å². The Bertz CT molecular complexity index is 789. The van der Waals surface area contributed by atoms with Gasteiger partial charge in [0.15, 0.2) is 11.5 Å². The number of ether oxygens (including phenoxy) is 2. The molecule has 8 nitrogen and oxygen atoms in total. The van der Waals surface area contributed by atoms with Gasteiger partial charge < -0.3 is 20.1 Å². The minimum absolute atomic E-state index is 0.0480. The molecule has 2 aliphatic heterocycles. The number of urea groups is 1. The molecule has 2 heterocycles. The second kappa shape index (κ2) is 8.71. The summed E-state index contributed by atoms with van der Waals surface area (Å²) in [5, 5.41) is 5.78. The highest BCUT2D eigenvalue weighted by molar-refractivity contribution is 6.04. The molecule has 0 spiro atoms. The van der Waals surface area contributed by atoms with Crippen molar-refractivity contribution in [2.75, 3.05) is 6.79 Å². The zero-order chi connectivity index (χ0) is 20.2. The number of nitrogens with one attached hydrogen (secondary N) is 2. The van der Waals surface area contributed by atoms with E-state index >= 15 is 0 Å². The van der Waals surface area contributed by atoms with Crippen LogP contribution in [0.5, 0.6) is 11.5 Å². The molecule has 1 saturated carbocycles. The standard InChI is InChI=1S/C21H27N3O5/c25-19(22-15-5-3-1-2-4-6-15)10-8-16-20(26)24(21(27)23-16)12-14-7-9-17-18(11-14)29-13-28-17/h7,9,11,15-16H,1-6,8,10,12-13H2,(H,22,25)(H,23,27)/t16-/m0/s1. The molecule has 0 aromatic heterocycles. The van der Waals surface area contributed by atoms with Crippen LogP contribution in [-0.2, 0) is 16.1 Å². The van der Waals surface area contributed by atoms with Gasteiger partial charge in [-0.2, -0.15) is 0 Å². The van der Waals surface area contributed by atoms with Crippen molar-refractivity contribution in [2.24, 2.45) is 0 Å². The number of carbonyl (C=O) groups excluding carboxylic acids is 3. The first-order chi connectivity index (χ1) is 14.1. The van der Waals surface area contributed by atoms with Crippen molar-refractivity contribution in [2.45, 2.75) is 70.0 Å². The molecule has 4 amide bonds. The van der Waals surface area contributed by atoms with Crippen LogP contribution in [0.3, 0.4) is 0 Å². The largest absolute Gasteiger partial charge is 0.454 e.